The van der Waals surface area contributed by atoms with Gasteiger partial charge in [-0.05, 0) is 77.0 Å². The molecule has 2 N–H and O–H groups in total. The first-order chi connectivity index (χ1) is 26.5. The van der Waals surface area contributed by atoms with Crippen LogP contribution < -0.4 is 10.2 Å². The molecule has 0 aliphatic rings. The van der Waals surface area contributed by atoms with Crippen LogP contribution in [0.2, 0.25) is 0 Å². The number of carbonyl (C=O) groups excluding carboxylic acids is 1. The Morgan fingerprint density at radius 1 is 0.655 bits per heavy atom. The molecule has 0 aromatic rings. The number of amides is 1. The molecule has 0 bridgehead atoms. The third-order valence-electron chi connectivity index (χ3n) is 8.82. The topological polar surface area (TPSA) is 108 Å². The van der Waals surface area contributed by atoms with Gasteiger partial charge in [0.25, 0.3) is 7.82 Å². The van der Waals surface area contributed by atoms with E-state index in [9.17, 15) is 19.4 Å². The van der Waals surface area contributed by atoms with E-state index in [1.165, 1.54) is 38.5 Å². The summed E-state index contributed by atoms with van der Waals surface area (Å²) in [5, 5.41) is 13.7. The van der Waals surface area contributed by atoms with Crippen LogP contribution in [0.5, 0.6) is 0 Å². The lowest BCUT2D eigenvalue weighted by molar-refractivity contribution is -0.870. The summed E-state index contributed by atoms with van der Waals surface area (Å²) in [6.45, 7) is 4.41. The summed E-state index contributed by atoms with van der Waals surface area (Å²) in [6, 6.07) is -0.917. The molecule has 9 heteroatoms. The maximum atomic E-state index is 12.8. The number of unbranched alkanes of at least 4 members (excludes halogenated alkanes) is 12. The molecule has 0 saturated carbocycles. The predicted molar refractivity (Wildman–Crippen MR) is 233 cm³/mol. The van der Waals surface area contributed by atoms with Crippen LogP contribution in [0.3, 0.4) is 0 Å². The minimum atomic E-state index is -4.60. The van der Waals surface area contributed by atoms with Gasteiger partial charge in [0.15, 0.2) is 0 Å². The highest BCUT2D eigenvalue weighted by Gasteiger charge is 2.23. The molecule has 0 saturated heterocycles. The Morgan fingerprint density at radius 2 is 1.13 bits per heavy atom. The Balaban J connectivity index is 4.45. The first-order valence-electron chi connectivity index (χ1n) is 21.4. The Hall–Kier alpha value is -2.32. The fourth-order valence-corrected chi connectivity index (χ4v) is 6.12. The molecule has 55 heavy (non-hydrogen) atoms. The number of aliphatic hydroxyl groups excluding tert-OH is 1. The van der Waals surface area contributed by atoms with Gasteiger partial charge < -0.3 is 28.8 Å². The van der Waals surface area contributed by atoms with Crippen molar-refractivity contribution in [3.8, 4) is 0 Å². The number of nitrogens with zero attached hydrogens (tertiary/aromatic N) is 1. The van der Waals surface area contributed by atoms with Crippen molar-refractivity contribution in [1.29, 1.82) is 0 Å². The number of quaternary nitrogens is 1. The number of phosphoric ester groups is 1. The van der Waals surface area contributed by atoms with Gasteiger partial charge >= 0.3 is 0 Å². The van der Waals surface area contributed by atoms with Crippen molar-refractivity contribution in [2.75, 3.05) is 40.9 Å². The molecule has 0 heterocycles. The van der Waals surface area contributed by atoms with Crippen LogP contribution in [-0.2, 0) is 18.4 Å². The van der Waals surface area contributed by atoms with Gasteiger partial charge in [-0.3, -0.25) is 9.36 Å². The zero-order chi connectivity index (χ0) is 40.7. The minimum Gasteiger partial charge on any atom is -0.756 e. The van der Waals surface area contributed by atoms with Crippen LogP contribution in [0.25, 0.3) is 0 Å². The van der Waals surface area contributed by atoms with Crippen LogP contribution in [0.15, 0.2) is 85.1 Å². The predicted octanol–water partition coefficient (Wildman–Crippen LogP) is 11.2. The normalized spacial score (nSPS) is 15.3. The average molecular weight is 789 g/mol. The van der Waals surface area contributed by atoms with Gasteiger partial charge in [0.2, 0.25) is 5.91 Å². The molecule has 0 aromatic heterocycles. The van der Waals surface area contributed by atoms with Crippen molar-refractivity contribution in [3.63, 3.8) is 0 Å². The third-order valence-corrected chi connectivity index (χ3v) is 9.78. The van der Waals surface area contributed by atoms with E-state index in [-0.39, 0.29) is 12.5 Å². The highest BCUT2D eigenvalue weighted by Crippen LogP contribution is 2.38. The zero-order valence-electron chi connectivity index (χ0n) is 35.6. The van der Waals surface area contributed by atoms with Crippen molar-refractivity contribution in [3.05, 3.63) is 85.1 Å². The summed E-state index contributed by atoms with van der Waals surface area (Å²) in [5.74, 6) is -0.227. The molecule has 0 spiro atoms. The second-order valence-electron chi connectivity index (χ2n) is 15.3. The van der Waals surface area contributed by atoms with Crippen LogP contribution in [0, 0.1) is 0 Å². The smallest absolute Gasteiger partial charge is 0.268 e. The largest absolute Gasteiger partial charge is 0.756 e. The first kappa shape index (κ1) is 52.7. The highest BCUT2D eigenvalue weighted by atomic mass is 31.2. The molecule has 3 unspecified atom stereocenters. The molecule has 0 aliphatic heterocycles. The SMILES string of the molecule is CC/C=C\C/C=C\C/C=C\C/C=C\CCCCCCCCCCC(=O)NC(COP(=O)([O-])OCC[N+](C)(C)C)C(O)/C=C/CC/C=C/CC/C=C/CCCC. The summed E-state index contributed by atoms with van der Waals surface area (Å²) in [5.41, 5.74) is 0. The average Bonchev–Trinajstić information content (AvgIpc) is 3.13. The monoisotopic (exact) mass is 789 g/mol. The Bertz CT molecular complexity index is 1170. The number of aliphatic hydroxyl groups is 1. The third kappa shape index (κ3) is 39.7. The minimum absolute atomic E-state index is 0.0154. The van der Waals surface area contributed by atoms with Crippen molar-refractivity contribution in [2.45, 2.75) is 161 Å². The molecule has 8 nitrogen and oxygen atoms in total. The molecule has 1 amide bonds. The molecule has 3 atom stereocenters. The van der Waals surface area contributed by atoms with Crippen LogP contribution in [0.1, 0.15) is 149 Å². The maximum Gasteiger partial charge on any atom is 0.268 e. The van der Waals surface area contributed by atoms with E-state index in [0.717, 1.165) is 89.9 Å². The summed E-state index contributed by atoms with van der Waals surface area (Å²) in [7, 11) is 1.21. The van der Waals surface area contributed by atoms with Gasteiger partial charge in [-0.2, -0.15) is 0 Å². The molecular weight excluding hydrogens is 707 g/mol. The Kier molecular flexibility index (Phi) is 35.7. The zero-order valence-corrected chi connectivity index (χ0v) is 36.5. The molecule has 0 rings (SSSR count). The highest BCUT2D eigenvalue weighted by molar-refractivity contribution is 7.45. The molecule has 0 fully saturated rings. The lowest BCUT2D eigenvalue weighted by Gasteiger charge is -2.29. The van der Waals surface area contributed by atoms with Gasteiger partial charge in [-0.1, -0.05) is 150 Å². The van der Waals surface area contributed by atoms with Gasteiger partial charge in [0.1, 0.15) is 13.2 Å². The van der Waals surface area contributed by atoms with Crippen molar-refractivity contribution < 1.29 is 32.9 Å². The summed E-state index contributed by atoms with van der Waals surface area (Å²) in [4.78, 5) is 25.3. The Morgan fingerprint density at radius 3 is 1.69 bits per heavy atom. The molecule has 0 radical (unpaired) electrons. The number of hydrogen-bond acceptors (Lipinski definition) is 6. The van der Waals surface area contributed by atoms with Gasteiger partial charge in [0, 0.05) is 6.42 Å². The Labute approximate surface area is 337 Å². The van der Waals surface area contributed by atoms with E-state index >= 15 is 0 Å². The van der Waals surface area contributed by atoms with Gasteiger partial charge in [0.05, 0.1) is 39.9 Å². The van der Waals surface area contributed by atoms with E-state index in [1.54, 1.807) is 6.08 Å². The van der Waals surface area contributed by atoms with Crippen LogP contribution >= 0.6 is 7.82 Å². The summed E-state index contributed by atoms with van der Waals surface area (Å²) < 4.78 is 23.1. The van der Waals surface area contributed by atoms with E-state index in [1.807, 2.05) is 27.2 Å². The second-order valence-corrected chi connectivity index (χ2v) is 16.7. The standard InChI is InChI=1S/C46H81N2O6P/c1-6-8-10-12-14-16-18-20-21-22-23-24-25-26-27-28-30-32-34-36-38-40-46(50)47-44(43-54-55(51,52)53-42-41-48(3,4)5)45(49)39-37-35-33-31-29-19-17-15-13-11-9-7-2/h8,10,13-16,20-21,23-24,29,31,37,39,44-45,49H,6-7,9,11-12,17-19,22,25-28,30,32-36,38,40-43H2,1-5H3,(H-,47,50,51,52)/b10-8-,15-13+,16-14-,21-20-,24-23-,31-29+,39-37+. The number of phosphoric acid groups is 1. The number of carbonyl (C=O) groups is 1. The number of allylic oxidation sites excluding steroid dienone is 13. The van der Waals surface area contributed by atoms with Gasteiger partial charge in [-0.25, -0.2) is 0 Å². The summed E-state index contributed by atoms with van der Waals surface area (Å²) >= 11 is 0. The first-order valence-corrected chi connectivity index (χ1v) is 22.9. The van der Waals surface area contributed by atoms with E-state index in [2.05, 4.69) is 92.1 Å². The molecule has 0 aromatic carbocycles. The summed E-state index contributed by atoms with van der Waals surface area (Å²) in [6.07, 6.45) is 50.6. The lowest BCUT2D eigenvalue weighted by Crippen LogP contribution is -2.45. The number of nitrogens with one attached hydrogen (secondary N) is 1. The fraction of sp³-hybridized carbons (Fsp3) is 0.674. The maximum absolute atomic E-state index is 12.8. The van der Waals surface area contributed by atoms with Gasteiger partial charge in [-0.15, -0.1) is 0 Å². The lowest BCUT2D eigenvalue weighted by atomic mass is 10.1. The number of likely N-dealkylation sites (N-methyl/N-ethyl adjacent to an activating group) is 1. The van der Waals surface area contributed by atoms with E-state index in [0.29, 0.717) is 17.4 Å². The van der Waals surface area contributed by atoms with Crippen molar-refractivity contribution >= 4 is 13.7 Å². The molecular formula is C46H81N2O6P. The quantitative estimate of drug-likeness (QED) is 0.0281. The second kappa shape index (κ2) is 37.3. The van der Waals surface area contributed by atoms with Crippen molar-refractivity contribution in [1.82, 2.24) is 5.32 Å². The number of hydrogen-bond donors (Lipinski definition) is 2. The van der Waals surface area contributed by atoms with Crippen molar-refractivity contribution in [2.24, 2.45) is 0 Å². The molecule has 316 valence electrons. The molecule has 0 aliphatic carbocycles. The van der Waals surface area contributed by atoms with E-state index < -0.39 is 26.6 Å². The number of rotatable bonds is 37. The van der Waals surface area contributed by atoms with E-state index in [4.69, 9.17) is 9.05 Å². The fourth-order valence-electron chi connectivity index (χ4n) is 5.39. The van der Waals surface area contributed by atoms with Crippen LogP contribution in [-0.4, -0.2) is 68.5 Å². The van der Waals surface area contributed by atoms with Crippen LogP contribution in [0.4, 0.5) is 0 Å².